The van der Waals surface area contributed by atoms with E-state index in [2.05, 4.69) is 13.0 Å². The first-order valence-corrected chi connectivity index (χ1v) is 4.43. The van der Waals surface area contributed by atoms with Gasteiger partial charge in [0.25, 0.3) is 0 Å². The number of carboxylic acid groups (broad SMARTS) is 1. The summed E-state index contributed by atoms with van der Waals surface area (Å²) in [6.45, 7) is 4.04. The molecule has 0 aliphatic heterocycles. The van der Waals surface area contributed by atoms with Gasteiger partial charge < -0.3 is 5.11 Å². The number of aliphatic carboxylic acids is 1. The minimum Gasteiger partial charge on any atom is -0.481 e. The lowest BCUT2D eigenvalue weighted by Gasteiger charge is -2.04. The number of carbonyl (C=O) groups is 1. The third-order valence-electron chi connectivity index (χ3n) is 2.16. The second-order valence-electron chi connectivity index (χ2n) is 3.18. The minimum atomic E-state index is -0.771. The molecule has 2 heteroatoms. The Bertz CT molecular complexity index is 316. The molecule has 70 valence electrons. The fourth-order valence-electron chi connectivity index (χ4n) is 1.34. The maximum atomic E-state index is 10.5. The SMILES string of the molecule is CCc1ccc(CC(=O)O)c(C)c1. The predicted octanol–water partition coefficient (Wildman–Crippen LogP) is 2.18. The summed E-state index contributed by atoms with van der Waals surface area (Å²) in [6, 6.07) is 5.95. The van der Waals surface area contributed by atoms with Gasteiger partial charge in [0.2, 0.25) is 0 Å². The lowest BCUT2D eigenvalue weighted by atomic mass is 10.0. The van der Waals surface area contributed by atoms with Crippen molar-refractivity contribution in [2.45, 2.75) is 26.7 Å². The molecule has 1 rings (SSSR count). The average molecular weight is 178 g/mol. The van der Waals surface area contributed by atoms with Crippen LogP contribution in [0, 0.1) is 6.92 Å². The van der Waals surface area contributed by atoms with Crippen molar-refractivity contribution in [2.75, 3.05) is 0 Å². The zero-order chi connectivity index (χ0) is 9.84. The lowest BCUT2D eigenvalue weighted by Crippen LogP contribution is -2.02. The van der Waals surface area contributed by atoms with Crippen molar-refractivity contribution in [3.63, 3.8) is 0 Å². The molecular weight excluding hydrogens is 164 g/mol. The van der Waals surface area contributed by atoms with Crippen LogP contribution in [0.2, 0.25) is 0 Å². The van der Waals surface area contributed by atoms with Crippen molar-refractivity contribution in [1.82, 2.24) is 0 Å². The highest BCUT2D eigenvalue weighted by Gasteiger charge is 2.03. The summed E-state index contributed by atoms with van der Waals surface area (Å²) in [6.07, 6.45) is 1.12. The van der Waals surface area contributed by atoms with Crippen LogP contribution in [0.25, 0.3) is 0 Å². The largest absolute Gasteiger partial charge is 0.481 e. The minimum absolute atomic E-state index is 0.121. The van der Waals surface area contributed by atoms with Gasteiger partial charge in [0.05, 0.1) is 6.42 Å². The smallest absolute Gasteiger partial charge is 0.307 e. The Morgan fingerprint density at radius 2 is 2.15 bits per heavy atom. The van der Waals surface area contributed by atoms with E-state index in [1.807, 2.05) is 19.1 Å². The summed E-state index contributed by atoms with van der Waals surface area (Å²) in [5, 5.41) is 8.62. The first-order chi connectivity index (χ1) is 6.13. The van der Waals surface area contributed by atoms with E-state index in [0.29, 0.717) is 0 Å². The van der Waals surface area contributed by atoms with E-state index in [-0.39, 0.29) is 6.42 Å². The third-order valence-corrected chi connectivity index (χ3v) is 2.16. The molecule has 0 saturated carbocycles. The van der Waals surface area contributed by atoms with Crippen LogP contribution in [0.4, 0.5) is 0 Å². The lowest BCUT2D eigenvalue weighted by molar-refractivity contribution is -0.136. The van der Waals surface area contributed by atoms with E-state index in [1.165, 1.54) is 5.56 Å². The van der Waals surface area contributed by atoms with Crippen LogP contribution >= 0.6 is 0 Å². The van der Waals surface area contributed by atoms with Gasteiger partial charge in [-0.15, -0.1) is 0 Å². The van der Waals surface area contributed by atoms with Crippen LogP contribution in [0.15, 0.2) is 18.2 Å². The molecule has 0 unspecified atom stereocenters. The maximum Gasteiger partial charge on any atom is 0.307 e. The van der Waals surface area contributed by atoms with Gasteiger partial charge in [0.1, 0.15) is 0 Å². The summed E-state index contributed by atoms with van der Waals surface area (Å²) in [4.78, 5) is 10.5. The van der Waals surface area contributed by atoms with E-state index in [0.717, 1.165) is 17.5 Å². The van der Waals surface area contributed by atoms with Crippen LogP contribution in [-0.4, -0.2) is 11.1 Å². The Balaban J connectivity index is 2.91. The summed E-state index contributed by atoms with van der Waals surface area (Å²) in [5.41, 5.74) is 3.23. The predicted molar refractivity (Wildman–Crippen MR) is 51.9 cm³/mol. The van der Waals surface area contributed by atoms with Crippen LogP contribution in [-0.2, 0) is 17.6 Å². The molecule has 0 aliphatic rings. The monoisotopic (exact) mass is 178 g/mol. The van der Waals surface area contributed by atoms with Crippen molar-refractivity contribution < 1.29 is 9.90 Å². The maximum absolute atomic E-state index is 10.5. The van der Waals surface area contributed by atoms with Gasteiger partial charge in [-0.05, 0) is 30.0 Å². The van der Waals surface area contributed by atoms with Crippen LogP contribution in [0.3, 0.4) is 0 Å². The van der Waals surface area contributed by atoms with Gasteiger partial charge in [-0.2, -0.15) is 0 Å². The molecule has 1 N–H and O–H groups in total. The van der Waals surface area contributed by atoms with Crippen molar-refractivity contribution in [3.8, 4) is 0 Å². The third kappa shape index (κ3) is 2.58. The molecule has 0 atom stereocenters. The number of rotatable bonds is 3. The molecule has 0 spiro atoms. The molecule has 0 saturated heterocycles. The van der Waals surface area contributed by atoms with Crippen molar-refractivity contribution in [2.24, 2.45) is 0 Å². The molecule has 0 radical (unpaired) electrons. The Kier molecular flexibility index (Phi) is 3.07. The summed E-state index contributed by atoms with van der Waals surface area (Å²) in [5.74, 6) is -0.771. The highest BCUT2D eigenvalue weighted by molar-refractivity contribution is 5.70. The van der Waals surface area contributed by atoms with Gasteiger partial charge in [0, 0.05) is 0 Å². The first kappa shape index (κ1) is 9.78. The number of hydrogen-bond donors (Lipinski definition) is 1. The molecule has 0 fully saturated rings. The summed E-state index contributed by atoms with van der Waals surface area (Å²) in [7, 11) is 0. The van der Waals surface area contributed by atoms with Crippen LogP contribution < -0.4 is 0 Å². The normalized spacial score (nSPS) is 10.0. The van der Waals surface area contributed by atoms with E-state index in [9.17, 15) is 4.79 Å². The molecule has 2 nitrogen and oxygen atoms in total. The topological polar surface area (TPSA) is 37.3 Å². The van der Waals surface area contributed by atoms with Crippen LogP contribution in [0.1, 0.15) is 23.6 Å². The Labute approximate surface area is 78.2 Å². The van der Waals surface area contributed by atoms with E-state index >= 15 is 0 Å². The van der Waals surface area contributed by atoms with Crippen LogP contribution in [0.5, 0.6) is 0 Å². The summed E-state index contributed by atoms with van der Waals surface area (Å²) >= 11 is 0. The fraction of sp³-hybridized carbons (Fsp3) is 0.364. The molecule has 1 aromatic rings. The molecule has 0 aliphatic carbocycles. The van der Waals surface area contributed by atoms with Gasteiger partial charge in [-0.3, -0.25) is 4.79 Å². The van der Waals surface area contributed by atoms with Crippen molar-refractivity contribution in [3.05, 3.63) is 34.9 Å². The van der Waals surface area contributed by atoms with Crippen molar-refractivity contribution >= 4 is 5.97 Å². The molecule has 0 amide bonds. The quantitative estimate of drug-likeness (QED) is 0.770. The zero-order valence-corrected chi connectivity index (χ0v) is 8.00. The van der Waals surface area contributed by atoms with Gasteiger partial charge in [-0.25, -0.2) is 0 Å². The molecule has 0 bridgehead atoms. The number of aryl methyl sites for hydroxylation is 2. The number of hydrogen-bond acceptors (Lipinski definition) is 1. The van der Waals surface area contributed by atoms with E-state index in [4.69, 9.17) is 5.11 Å². The molecule has 0 heterocycles. The molecule has 1 aromatic carbocycles. The highest BCUT2D eigenvalue weighted by Crippen LogP contribution is 2.12. The Morgan fingerprint density at radius 1 is 1.46 bits per heavy atom. The standard InChI is InChI=1S/C11H14O2/c1-3-9-4-5-10(7-11(12)13)8(2)6-9/h4-6H,3,7H2,1-2H3,(H,12,13). The molecule has 13 heavy (non-hydrogen) atoms. The van der Waals surface area contributed by atoms with Gasteiger partial charge >= 0.3 is 5.97 Å². The first-order valence-electron chi connectivity index (χ1n) is 4.43. The fourth-order valence-corrected chi connectivity index (χ4v) is 1.34. The average Bonchev–Trinajstić information content (AvgIpc) is 2.08. The highest BCUT2D eigenvalue weighted by atomic mass is 16.4. The van der Waals surface area contributed by atoms with Gasteiger partial charge in [0.15, 0.2) is 0 Å². The van der Waals surface area contributed by atoms with Gasteiger partial charge in [-0.1, -0.05) is 25.1 Å². The van der Waals surface area contributed by atoms with E-state index in [1.54, 1.807) is 0 Å². The Hall–Kier alpha value is -1.31. The van der Waals surface area contributed by atoms with Crippen molar-refractivity contribution in [1.29, 1.82) is 0 Å². The molecule has 0 aromatic heterocycles. The molecular formula is C11H14O2. The second kappa shape index (κ2) is 4.08. The number of carboxylic acids is 1. The second-order valence-corrected chi connectivity index (χ2v) is 3.18. The Morgan fingerprint density at radius 3 is 2.62 bits per heavy atom. The van der Waals surface area contributed by atoms with E-state index < -0.39 is 5.97 Å². The number of benzene rings is 1. The summed E-state index contributed by atoms with van der Waals surface area (Å²) < 4.78 is 0. The zero-order valence-electron chi connectivity index (χ0n) is 8.00.